The number of H-pyrrole nitrogens is 1. The van der Waals surface area contributed by atoms with Crippen LogP contribution in [0.2, 0.25) is 0 Å². The number of phenolic OH excluding ortho intramolecular Hbond substituents is 1. The molecule has 0 bridgehead atoms. The molecule has 4 aromatic rings. The lowest BCUT2D eigenvalue weighted by Crippen LogP contribution is -2.14. The molecule has 1 aromatic heterocycles. The number of rotatable bonds is 5. The minimum absolute atomic E-state index is 0.0852. The summed E-state index contributed by atoms with van der Waals surface area (Å²) in [5.74, 6) is -0.593. The van der Waals surface area contributed by atoms with Crippen molar-refractivity contribution in [2.24, 2.45) is 10.2 Å². The largest absolute Gasteiger partial charge is 0.506 e. The number of phenols is 1. The number of nitrogens with one attached hydrogen (secondary N) is 1. The summed E-state index contributed by atoms with van der Waals surface area (Å²) in [6.07, 6.45) is 0. The molecule has 4 rings (SSSR count). The first-order chi connectivity index (χ1) is 15.9. The van der Waals surface area contributed by atoms with Gasteiger partial charge in [-0.3, -0.25) is 19.0 Å². The van der Waals surface area contributed by atoms with Crippen molar-refractivity contribution in [3.63, 3.8) is 0 Å². The van der Waals surface area contributed by atoms with Crippen LogP contribution in [0.1, 0.15) is 5.69 Å². The molecule has 14 heteroatoms. The molecule has 0 saturated carbocycles. The lowest BCUT2D eigenvalue weighted by Gasteiger charge is -2.08. The van der Waals surface area contributed by atoms with E-state index in [4.69, 9.17) is 0 Å². The van der Waals surface area contributed by atoms with E-state index in [2.05, 4.69) is 15.3 Å². The number of hydrogen-bond acceptors (Lipinski definition) is 8. The van der Waals surface area contributed by atoms with Gasteiger partial charge in [-0.2, -0.15) is 16.8 Å². The summed E-state index contributed by atoms with van der Waals surface area (Å²) >= 11 is 0. The van der Waals surface area contributed by atoms with Gasteiger partial charge >= 0.3 is 0 Å². The first-order valence-electron chi connectivity index (χ1n) is 9.41. The average Bonchev–Trinajstić information content (AvgIpc) is 3.05. The van der Waals surface area contributed by atoms with Crippen molar-refractivity contribution in [1.29, 1.82) is 0 Å². The van der Waals surface area contributed by atoms with Gasteiger partial charge in [-0.05, 0) is 25.1 Å². The minimum atomic E-state index is -4.64. The van der Waals surface area contributed by atoms with Crippen molar-refractivity contribution in [3.8, 4) is 11.4 Å². The highest BCUT2D eigenvalue weighted by Crippen LogP contribution is 2.39. The second kappa shape index (κ2) is 8.18. The molecule has 0 saturated heterocycles. The number of aryl methyl sites for hydroxylation is 1. The van der Waals surface area contributed by atoms with Crippen LogP contribution >= 0.6 is 0 Å². The number of benzene rings is 3. The zero-order valence-corrected chi connectivity index (χ0v) is 18.9. The van der Waals surface area contributed by atoms with E-state index in [0.717, 1.165) is 22.9 Å². The molecule has 0 fully saturated rings. The third kappa shape index (κ3) is 4.22. The number of fused-ring (bicyclic) bond motifs is 1. The Morgan fingerprint density at radius 1 is 0.853 bits per heavy atom. The Morgan fingerprint density at radius 3 is 2.15 bits per heavy atom. The summed E-state index contributed by atoms with van der Waals surface area (Å²) < 4.78 is 65.9. The molecule has 12 nitrogen and oxygen atoms in total. The average molecular weight is 505 g/mol. The van der Waals surface area contributed by atoms with Crippen LogP contribution in [-0.2, 0) is 20.2 Å². The number of azo groups is 1. The fraction of sp³-hybridized carbons (Fsp3) is 0.0500. The highest BCUT2D eigenvalue weighted by Gasteiger charge is 2.20. The lowest BCUT2D eigenvalue weighted by atomic mass is 10.1. The third-order valence-corrected chi connectivity index (χ3v) is 6.64. The summed E-state index contributed by atoms with van der Waals surface area (Å²) in [5.41, 5.74) is -0.644. The van der Waals surface area contributed by atoms with Crippen molar-refractivity contribution in [3.05, 3.63) is 70.6 Å². The van der Waals surface area contributed by atoms with Crippen molar-refractivity contribution in [2.45, 2.75) is 16.7 Å². The monoisotopic (exact) mass is 504 g/mol. The predicted molar refractivity (Wildman–Crippen MR) is 121 cm³/mol. The second-order valence-electron chi connectivity index (χ2n) is 7.16. The van der Waals surface area contributed by atoms with E-state index < -0.39 is 41.3 Å². The summed E-state index contributed by atoms with van der Waals surface area (Å²) in [6, 6.07) is 11.8. The molecule has 34 heavy (non-hydrogen) atoms. The molecule has 0 aliphatic carbocycles. The molecule has 0 amide bonds. The predicted octanol–water partition coefficient (Wildman–Crippen LogP) is 3.24. The molecule has 0 radical (unpaired) electrons. The molecule has 0 aliphatic heterocycles. The third-order valence-electron chi connectivity index (χ3n) is 4.90. The molecule has 0 aliphatic rings. The molecule has 0 atom stereocenters. The van der Waals surface area contributed by atoms with Crippen LogP contribution in [0.15, 0.2) is 79.4 Å². The van der Waals surface area contributed by atoms with Gasteiger partial charge in [0.1, 0.15) is 16.3 Å². The number of nitrogens with zero attached hydrogens (tertiary/aromatic N) is 3. The Balaban J connectivity index is 1.84. The van der Waals surface area contributed by atoms with E-state index in [9.17, 15) is 35.8 Å². The quantitative estimate of drug-likeness (QED) is 0.235. The SMILES string of the molecule is Cc1[nH]n(-c2cccc(S(=O)(=O)O)c2)c(=O)c1N=Nc1c(O)cc(S(=O)(=O)O)c2ccccc12. The summed E-state index contributed by atoms with van der Waals surface area (Å²) in [4.78, 5) is 12.0. The smallest absolute Gasteiger partial charge is 0.299 e. The van der Waals surface area contributed by atoms with Crippen LogP contribution in [0, 0.1) is 6.92 Å². The number of aromatic amines is 1. The maximum atomic E-state index is 12.9. The van der Waals surface area contributed by atoms with E-state index in [1.54, 1.807) is 6.07 Å². The van der Waals surface area contributed by atoms with Crippen LogP contribution in [0.5, 0.6) is 5.75 Å². The molecular formula is C20H16N4O8S2. The molecular weight excluding hydrogens is 488 g/mol. The normalized spacial score (nSPS) is 12.6. The highest BCUT2D eigenvalue weighted by atomic mass is 32.2. The van der Waals surface area contributed by atoms with Crippen molar-refractivity contribution in [2.75, 3.05) is 0 Å². The van der Waals surface area contributed by atoms with Crippen LogP contribution in [-0.4, -0.2) is 40.8 Å². The maximum Gasteiger partial charge on any atom is 0.299 e. The highest BCUT2D eigenvalue weighted by molar-refractivity contribution is 7.86. The first-order valence-corrected chi connectivity index (χ1v) is 12.3. The minimum Gasteiger partial charge on any atom is -0.506 e. The molecule has 3 aromatic carbocycles. The summed E-state index contributed by atoms with van der Waals surface area (Å²) in [7, 11) is -9.14. The Bertz CT molecular complexity index is 1750. The summed E-state index contributed by atoms with van der Waals surface area (Å²) in [5, 5.41) is 21.2. The van der Waals surface area contributed by atoms with Gasteiger partial charge in [-0.1, -0.05) is 30.3 Å². The van der Waals surface area contributed by atoms with E-state index in [1.165, 1.54) is 37.3 Å². The van der Waals surface area contributed by atoms with Crippen LogP contribution in [0.25, 0.3) is 16.5 Å². The Morgan fingerprint density at radius 2 is 1.50 bits per heavy atom. The fourth-order valence-electron chi connectivity index (χ4n) is 3.35. The van der Waals surface area contributed by atoms with Gasteiger partial charge in [0, 0.05) is 16.8 Å². The van der Waals surface area contributed by atoms with Gasteiger partial charge in [-0.15, -0.1) is 10.2 Å². The van der Waals surface area contributed by atoms with Gasteiger partial charge in [0.05, 0.1) is 16.3 Å². The number of aromatic nitrogens is 2. The van der Waals surface area contributed by atoms with Crippen molar-refractivity contribution >= 4 is 42.4 Å². The molecule has 4 N–H and O–H groups in total. The Kier molecular flexibility index (Phi) is 5.61. The van der Waals surface area contributed by atoms with Gasteiger partial charge < -0.3 is 5.11 Å². The molecule has 0 spiro atoms. The number of aromatic hydroxyl groups is 1. The first kappa shape index (κ1) is 23.3. The maximum absolute atomic E-state index is 12.9. The topological polar surface area (TPSA) is 191 Å². The van der Waals surface area contributed by atoms with Gasteiger partial charge in [0.2, 0.25) is 0 Å². The summed E-state index contributed by atoms with van der Waals surface area (Å²) in [6.45, 7) is 1.51. The standard InChI is InChI=1S/C20H16N4O8S2/c1-11-18(20(26)24(23-11)12-5-4-6-13(9-12)33(27,28)29)21-22-19-15-8-3-2-7-14(15)17(10-16(19)25)34(30,31)32/h2-10,23,25H,1H3,(H,27,28,29)(H,30,31,32). The second-order valence-corrected chi connectivity index (χ2v) is 9.97. The van der Waals surface area contributed by atoms with E-state index in [-0.39, 0.29) is 33.5 Å². The number of hydrogen-bond donors (Lipinski definition) is 4. The van der Waals surface area contributed by atoms with Crippen LogP contribution < -0.4 is 5.56 Å². The van der Waals surface area contributed by atoms with Crippen LogP contribution in [0.3, 0.4) is 0 Å². The van der Waals surface area contributed by atoms with Crippen LogP contribution in [0.4, 0.5) is 11.4 Å². The molecule has 1 heterocycles. The Hall–Kier alpha value is -3.85. The zero-order chi connectivity index (χ0) is 24.8. The Labute approximate surface area is 192 Å². The van der Waals surface area contributed by atoms with E-state index in [1.807, 2.05) is 0 Å². The molecule has 176 valence electrons. The zero-order valence-electron chi connectivity index (χ0n) is 17.2. The lowest BCUT2D eigenvalue weighted by molar-refractivity contribution is 0.468. The van der Waals surface area contributed by atoms with E-state index >= 15 is 0 Å². The van der Waals surface area contributed by atoms with Gasteiger partial charge in [0.25, 0.3) is 25.8 Å². The fourth-order valence-corrected chi connectivity index (χ4v) is 4.59. The van der Waals surface area contributed by atoms with Crippen molar-refractivity contribution in [1.82, 2.24) is 9.78 Å². The van der Waals surface area contributed by atoms with E-state index in [0.29, 0.717) is 0 Å². The molecule has 0 unspecified atom stereocenters. The van der Waals surface area contributed by atoms with Gasteiger partial charge in [0.15, 0.2) is 5.69 Å². The van der Waals surface area contributed by atoms with Gasteiger partial charge in [-0.25, -0.2) is 4.68 Å². The van der Waals surface area contributed by atoms with Crippen molar-refractivity contribution < 1.29 is 31.0 Å².